The molecule has 0 aliphatic carbocycles. The fourth-order valence-corrected chi connectivity index (χ4v) is 3.07. The molecule has 1 aliphatic heterocycles. The molecule has 0 fully saturated rings. The predicted octanol–water partition coefficient (Wildman–Crippen LogP) is 3.51. The highest BCUT2D eigenvalue weighted by molar-refractivity contribution is 5.92. The van der Waals surface area contributed by atoms with Gasteiger partial charge in [-0.2, -0.15) is 0 Å². The fourth-order valence-electron chi connectivity index (χ4n) is 3.07. The van der Waals surface area contributed by atoms with E-state index in [9.17, 15) is 9.59 Å². The lowest BCUT2D eigenvalue weighted by Gasteiger charge is -2.33. The molecule has 0 bridgehead atoms. The molecule has 1 N–H and O–H groups in total. The van der Waals surface area contributed by atoms with E-state index in [0.717, 1.165) is 12.0 Å². The Morgan fingerprint density at radius 2 is 1.93 bits per heavy atom. The van der Waals surface area contributed by atoms with Crippen LogP contribution < -0.4 is 14.8 Å². The van der Waals surface area contributed by atoms with Gasteiger partial charge in [-0.25, -0.2) is 0 Å². The molecule has 162 valence electrons. The van der Waals surface area contributed by atoms with Gasteiger partial charge >= 0.3 is 0 Å². The number of carbonyl (C=O) groups is 2. The Kier molecular flexibility index (Phi) is 6.34. The number of fused-ring (bicyclic) bond motifs is 1. The second-order valence-electron chi connectivity index (χ2n) is 8.49. The summed E-state index contributed by atoms with van der Waals surface area (Å²) in [5, 5.41) is 6.69. The molecule has 1 aliphatic rings. The van der Waals surface area contributed by atoms with Gasteiger partial charge in [-0.1, -0.05) is 38.9 Å². The third kappa shape index (κ3) is 4.93. The van der Waals surface area contributed by atoms with E-state index >= 15 is 0 Å². The Morgan fingerprint density at radius 1 is 1.20 bits per heavy atom. The van der Waals surface area contributed by atoms with Crippen LogP contribution in [-0.2, 0) is 17.9 Å². The van der Waals surface area contributed by atoms with Crippen molar-refractivity contribution in [3.8, 4) is 11.5 Å². The normalized spacial score (nSPS) is 13.8. The van der Waals surface area contributed by atoms with Crippen LogP contribution in [0.3, 0.4) is 0 Å². The highest BCUT2D eigenvalue weighted by atomic mass is 16.7. The van der Waals surface area contributed by atoms with E-state index in [1.54, 1.807) is 11.0 Å². The van der Waals surface area contributed by atoms with Crippen LogP contribution in [0.15, 0.2) is 28.8 Å². The second kappa shape index (κ2) is 8.77. The Balaban J connectivity index is 1.62. The van der Waals surface area contributed by atoms with Crippen molar-refractivity contribution in [1.29, 1.82) is 0 Å². The van der Waals surface area contributed by atoms with Gasteiger partial charge in [0.25, 0.3) is 5.91 Å². The van der Waals surface area contributed by atoms with Crippen LogP contribution in [0, 0.1) is 5.41 Å². The molecule has 1 atom stereocenters. The summed E-state index contributed by atoms with van der Waals surface area (Å²) in [6.45, 7) is 10.5. The largest absolute Gasteiger partial charge is 0.454 e. The quantitative estimate of drug-likeness (QED) is 0.744. The molecule has 2 amide bonds. The van der Waals surface area contributed by atoms with E-state index in [1.165, 1.54) is 0 Å². The van der Waals surface area contributed by atoms with Gasteiger partial charge in [-0.3, -0.25) is 9.59 Å². The standard InChI is InChI=1S/C22H29N3O5/c1-6-14(2)25(21(27)22(3,4)5)12-16-10-17(24-30-16)20(26)23-11-15-7-8-18-19(9-15)29-13-28-18/h7-10,14H,6,11-13H2,1-5H3,(H,23,26). The third-order valence-corrected chi connectivity index (χ3v) is 5.03. The maximum atomic E-state index is 12.8. The number of ether oxygens (including phenoxy) is 2. The molecule has 30 heavy (non-hydrogen) atoms. The molecule has 2 heterocycles. The van der Waals surface area contributed by atoms with E-state index in [4.69, 9.17) is 14.0 Å². The van der Waals surface area contributed by atoms with Crippen LogP contribution in [0.2, 0.25) is 0 Å². The van der Waals surface area contributed by atoms with Crippen LogP contribution in [-0.4, -0.2) is 34.7 Å². The van der Waals surface area contributed by atoms with Crippen molar-refractivity contribution >= 4 is 11.8 Å². The van der Waals surface area contributed by atoms with Gasteiger partial charge in [0, 0.05) is 24.1 Å². The lowest BCUT2D eigenvalue weighted by atomic mass is 9.93. The van der Waals surface area contributed by atoms with Gasteiger partial charge in [0.2, 0.25) is 12.7 Å². The fraction of sp³-hybridized carbons (Fsp3) is 0.500. The monoisotopic (exact) mass is 415 g/mol. The minimum Gasteiger partial charge on any atom is -0.454 e. The topological polar surface area (TPSA) is 93.9 Å². The van der Waals surface area contributed by atoms with Crippen LogP contribution in [0.5, 0.6) is 11.5 Å². The first kappa shape index (κ1) is 21.7. The summed E-state index contributed by atoms with van der Waals surface area (Å²) >= 11 is 0. The van der Waals surface area contributed by atoms with Crippen LogP contribution in [0.4, 0.5) is 0 Å². The number of carbonyl (C=O) groups excluding carboxylic acids is 2. The Hall–Kier alpha value is -3.03. The van der Waals surface area contributed by atoms with Crippen molar-refractivity contribution < 1.29 is 23.6 Å². The molecule has 8 nitrogen and oxygen atoms in total. The zero-order valence-electron chi connectivity index (χ0n) is 18.2. The first-order chi connectivity index (χ1) is 14.2. The van der Waals surface area contributed by atoms with Gasteiger partial charge in [-0.15, -0.1) is 0 Å². The maximum Gasteiger partial charge on any atom is 0.273 e. The van der Waals surface area contributed by atoms with Crippen molar-refractivity contribution in [3.63, 3.8) is 0 Å². The van der Waals surface area contributed by atoms with Crippen molar-refractivity contribution in [2.75, 3.05) is 6.79 Å². The lowest BCUT2D eigenvalue weighted by molar-refractivity contribution is -0.142. The number of aromatic nitrogens is 1. The minimum atomic E-state index is -0.506. The maximum absolute atomic E-state index is 12.8. The van der Waals surface area contributed by atoms with Gasteiger partial charge < -0.3 is 24.2 Å². The number of nitrogens with zero attached hydrogens (tertiary/aromatic N) is 2. The molecular weight excluding hydrogens is 386 g/mol. The summed E-state index contributed by atoms with van der Waals surface area (Å²) in [5.74, 6) is 1.52. The molecule has 0 saturated heterocycles. The molecule has 3 rings (SSSR count). The summed E-state index contributed by atoms with van der Waals surface area (Å²) in [6, 6.07) is 7.14. The summed E-state index contributed by atoms with van der Waals surface area (Å²) in [7, 11) is 0. The van der Waals surface area contributed by atoms with Crippen molar-refractivity contribution in [2.45, 2.75) is 60.2 Å². The van der Waals surface area contributed by atoms with E-state index < -0.39 is 5.41 Å². The van der Waals surface area contributed by atoms with Gasteiger partial charge in [0.15, 0.2) is 23.0 Å². The Bertz CT molecular complexity index is 916. The molecule has 0 radical (unpaired) electrons. The number of nitrogens with one attached hydrogen (secondary N) is 1. The van der Waals surface area contributed by atoms with Crippen molar-refractivity contribution in [1.82, 2.24) is 15.4 Å². The predicted molar refractivity (Wildman–Crippen MR) is 110 cm³/mol. The molecular formula is C22H29N3O5. The van der Waals surface area contributed by atoms with Gasteiger partial charge in [0.05, 0.1) is 6.54 Å². The Labute approximate surface area is 176 Å². The van der Waals surface area contributed by atoms with Crippen LogP contribution in [0.25, 0.3) is 0 Å². The van der Waals surface area contributed by atoms with Crippen LogP contribution >= 0.6 is 0 Å². The van der Waals surface area contributed by atoms with E-state index in [0.29, 0.717) is 23.8 Å². The Morgan fingerprint density at radius 3 is 2.63 bits per heavy atom. The molecule has 1 unspecified atom stereocenters. The zero-order valence-corrected chi connectivity index (χ0v) is 18.2. The summed E-state index contributed by atoms with van der Waals surface area (Å²) < 4.78 is 16.0. The van der Waals surface area contributed by atoms with Crippen molar-refractivity contribution in [2.24, 2.45) is 5.41 Å². The molecule has 0 spiro atoms. The molecule has 0 saturated carbocycles. The number of benzene rings is 1. The second-order valence-corrected chi connectivity index (χ2v) is 8.49. The minimum absolute atomic E-state index is 0.0297. The molecule has 8 heteroatoms. The summed E-state index contributed by atoms with van der Waals surface area (Å²) in [4.78, 5) is 27.1. The number of amides is 2. The lowest BCUT2D eigenvalue weighted by Crippen LogP contribution is -2.43. The average molecular weight is 415 g/mol. The van der Waals surface area contributed by atoms with Crippen LogP contribution in [0.1, 0.15) is 62.9 Å². The van der Waals surface area contributed by atoms with Gasteiger partial charge in [-0.05, 0) is 31.0 Å². The smallest absolute Gasteiger partial charge is 0.273 e. The first-order valence-corrected chi connectivity index (χ1v) is 10.1. The molecule has 1 aromatic carbocycles. The van der Waals surface area contributed by atoms with Crippen molar-refractivity contribution in [3.05, 3.63) is 41.3 Å². The van der Waals surface area contributed by atoms with Gasteiger partial charge in [0.1, 0.15) is 0 Å². The summed E-state index contributed by atoms with van der Waals surface area (Å²) in [6.07, 6.45) is 0.818. The first-order valence-electron chi connectivity index (χ1n) is 10.1. The zero-order chi connectivity index (χ0) is 21.9. The number of hydrogen-bond acceptors (Lipinski definition) is 6. The third-order valence-electron chi connectivity index (χ3n) is 5.03. The molecule has 2 aromatic rings. The molecule has 1 aromatic heterocycles. The summed E-state index contributed by atoms with van der Waals surface area (Å²) in [5.41, 5.74) is 0.557. The number of hydrogen-bond donors (Lipinski definition) is 1. The highest BCUT2D eigenvalue weighted by Crippen LogP contribution is 2.32. The number of rotatable bonds is 7. The van der Waals surface area contributed by atoms with E-state index in [1.807, 2.05) is 52.8 Å². The van der Waals surface area contributed by atoms with E-state index in [2.05, 4.69) is 10.5 Å². The van der Waals surface area contributed by atoms with E-state index in [-0.39, 0.29) is 36.9 Å². The highest BCUT2D eigenvalue weighted by Gasteiger charge is 2.30. The SMILES string of the molecule is CCC(C)N(Cc1cc(C(=O)NCc2ccc3c(c2)OCO3)no1)C(=O)C(C)(C)C. The average Bonchev–Trinajstić information content (AvgIpc) is 3.37.